The van der Waals surface area contributed by atoms with Crippen LogP contribution in [-0.4, -0.2) is 59.7 Å². The number of nitrogens with zero attached hydrogens (tertiary/aromatic N) is 2. The smallest absolute Gasteiger partial charge is 0.411 e. The van der Waals surface area contributed by atoms with Crippen LogP contribution in [0.5, 0.6) is 0 Å². The van der Waals surface area contributed by atoms with Crippen LogP contribution in [0, 0.1) is 0 Å². The second-order valence-electron chi connectivity index (χ2n) is 7.53. The van der Waals surface area contributed by atoms with Crippen molar-refractivity contribution in [1.29, 1.82) is 0 Å². The number of fused-ring (bicyclic) bond motifs is 1. The van der Waals surface area contributed by atoms with E-state index in [-0.39, 0.29) is 5.91 Å². The Bertz CT molecular complexity index is 647. The summed E-state index contributed by atoms with van der Waals surface area (Å²) in [5.41, 5.74) is 1.59. The topological polar surface area (TPSA) is 59.1 Å². The predicted octanol–water partition coefficient (Wildman–Crippen LogP) is 2.21. The van der Waals surface area contributed by atoms with Crippen molar-refractivity contribution >= 4 is 12.0 Å². The second kappa shape index (κ2) is 7.04. The van der Waals surface area contributed by atoms with Crippen LogP contribution in [-0.2, 0) is 27.2 Å². The number of hydrogen-bond acceptors (Lipinski definition) is 4. The van der Waals surface area contributed by atoms with Crippen LogP contribution in [0.2, 0.25) is 0 Å². The maximum atomic E-state index is 13.1. The molecule has 3 rings (SSSR count). The number of hydrogen-bond donors (Lipinski definition) is 0. The van der Waals surface area contributed by atoms with Gasteiger partial charge in [-0.2, -0.15) is 0 Å². The number of morpholine rings is 1. The summed E-state index contributed by atoms with van der Waals surface area (Å²) in [6.07, 6.45) is 0.0830. The monoisotopic (exact) mass is 346 g/mol. The van der Waals surface area contributed by atoms with Crippen LogP contribution in [0.4, 0.5) is 4.79 Å². The SMILES string of the molecule is CC(C)(C)OC(=O)N1Cc2ccccc2C[C@H]1C(=O)N1CCOCC1. The van der Waals surface area contributed by atoms with Crippen LogP contribution >= 0.6 is 0 Å². The molecular weight excluding hydrogens is 320 g/mol. The lowest BCUT2D eigenvalue weighted by Crippen LogP contribution is -2.56. The van der Waals surface area contributed by atoms with Crippen LogP contribution in [0.1, 0.15) is 31.9 Å². The van der Waals surface area contributed by atoms with Crippen molar-refractivity contribution in [3.63, 3.8) is 0 Å². The minimum Gasteiger partial charge on any atom is -0.444 e. The summed E-state index contributed by atoms with van der Waals surface area (Å²) in [6.45, 7) is 8.12. The average Bonchev–Trinajstić information content (AvgIpc) is 2.59. The quantitative estimate of drug-likeness (QED) is 0.782. The Balaban J connectivity index is 1.85. The zero-order chi connectivity index (χ0) is 18.0. The van der Waals surface area contributed by atoms with Gasteiger partial charge in [-0.3, -0.25) is 9.69 Å². The molecule has 0 bridgehead atoms. The van der Waals surface area contributed by atoms with Gasteiger partial charge < -0.3 is 14.4 Å². The Kier molecular flexibility index (Phi) is 4.99. The van der Waals surface area contributed by atoms with E-state index in [4.69, 9.17) is 9.47 Å². The minimum atomic E-state index is -0.597. The molecule has 1 aromatic rings. The van der Waals surface area contributed by atoms with Crippen LogP contribution in [0.15, 0.2) is 24.3 Å². The largest absolute Gasteiger partial charge is 0.444 e. The van der Waals surface area contributed by atoms with Gasteiger partial charge in [-0.15, -0.1) is 0 Å². The second-order valence-corrected chi connectivity index (χ2v) is 7.53. The van der Waals surface area contributed by atoms with Gasteiger partial charge in [0, 0.05) is 19.5 Å². The van der Waals surface area contributed by atoms with E-state index in [1.54, 1.807) is 9.80 Å². The van der Waals surface area contributed by atoms with Gasteiger partial charge in [0.15, 0.2) is 0 Å². The molecule has 2 aliphatic rings. The van der Waals surface area contributed by atoms with E-state index >= 15 is 0 Å². The van der Waals surface area contributed by atoms with Crippen molar-refractivity contribution in [3.05, 3.63) is 35.4 Å². The Morgan fingerprint density at radius 2 is 1.76 bits per heavy atom. The summed E-state index contributed by atoms with van der Waals surface area (Å²) >= 11 is 0. The van der Waals surface area contributed by atoms with Crippen LogP contribution in [0.3, 0.4) is 0 Å². The lowest BCUT2D eigenvalue weighted by molar-refractivity contribution is -0.141. The molecule has 2 aliphatic heterocycles. The first kappa shape index (κ1) is 17.7. The number of amides is 2. The van der Waals surface area contributed by atoms with Gasteiger partial charge in [-0.05, 0) is 31.9 Å². The molecule has 0 spiro atoms. The first-order valence-electron chi connectivity index (χ1n) is 8.78. The molecule has 0 aliphatic carbocycles. The van der Waals surface area contributed by atoms with Gasteiger partial charge in [-0.25, -0.2) is 4.79 Å². The van der Waals surface area contributed by atoms with Gasteiger partial charge in [0.05, 0.1) is 19.8 Å². The summed E-state index contributed by atoms with van der Waals surface area (Å²) in [4.78, 5) is 29.2. The first-order chi connectivity index (χ1) is 11.8. The molecule has 1 atom stereocenters. The highest BCUT2D eigenvalue weighted by Gasteiger charge is 2.39. The fourth-order valence-corrected chi connectivity index (χ4v) is 3.25. The highest BCUT2D eigenvalue weighted by atomic mass is 16.6. The van der Waals surface area contributed by atoms with Crippen molar-refractivity contribution in [2.75, 3.05) is 26.3 Å². The van der Waals surface area contributed by atoms with Crippen LogP contribution in [0.25, 0.3) is 0 Å². The number of rotatable bonds is 1. The number of ether oxygens (including phenoxy) is 2. The van der Waals surface area contributed by atoms with E-state index in [9.17, 15) is 9.59 Å². The molecule has 25 heavy (non-hydrogen) atoms. The Labute approximate surface area is 148 Å². The third-order valence-corrected chi connectivity index (χ3v) is 4.48. The summed E-state index contributed by atoms with van der Waals surface area (Å²) in [5, 5.41) is 0. The highest BCUT2D eigenvalue weighted by molar-refractivity contribution is 5.86. The molecule has 2 amide bonds. The first-order valence-corrected chi connectivity index (χ1v) is 8.78. The average molecular weight is 346 g/mol. The molecule has 1 fully saturated rings. The van der Waals surface area contributed by atoms with E-state index < -0.39 is 17.7 Å². The van der Waals surface area contributed by atoms with Gasteiger partial charge in [0.1, 0.15) is 11.6 Å². The molecule has 1 aromatic carbocycles. The normalized spacial score (nSPS) is 20.8. The number of carbonyl (C=O) groups is 2. The minimum absolute atomic E-state index is 0.0244. The molecular formula is C19H26N2O4. The lowest BCUT2D eigenvalue weighted by atomic mass is 9.93. The van der Waals surface area contributed by atoms with Crippen molar-refractivity contribution < 1.29 is 19.1 Å². The van der Waals surface area contributed by atoms with Crippen molar-refractivity contribution in [2.24, 2.45) is 0 Å². The molecule has 0 radical (unpaired) electrons. The van der Waals surface area contributed by atoms with E-state index in [1.807, 2.05) is 45.0 Å². The fourth-order valence-electron chi connectivity index (χ4n) is 3.25. The van der Waals surface area contributed by atoms with Gasteiger partial charge in [-0.1, -0.05) is 24.3 Å². The predicted molar refractivity (Wildman–Crippen MR) is 93.1 cm³/mol. The summed E-state index contributed by atoms with van der Waals surface area (Å²) < 4.78 is 10.9. The third kappa shape index (κ3) is 4.12. The van der Waals surface area contributed by atoms with Crippen molar-refractivity contribution in [2.45, 2.75) is 45.4 Å². The molecule has 0 unspecified atom stereocenters. The van der Waals surface area contributed by atoms with E-state index in [0.29, 0.717) is 39.3 Å². The highest BCUT2D eigenvalue weighted by Crippen LogP contribution is 2.26. The summed E-state index contributed by atoms with van der Waals surface area (Å²) in [7, 11) is 0. The van der Waals surface area contributed by atoms with Crippen molar-refractivity contribution in [1.82, 2.24) is 9.80 Å². The molecule has 2 heterocycles. The Hall–Kier alpha value is -2.08. The summed E-state index contributed by atoms with van der Waals surface area (Å²) in [6, 6.07) is 7.43. The molecule has 136 valence electrons. The van der Waals surface area contributed by atoms with Crippen LogP contribution < -0.4 is 0 Å². The molecule has 6 heteroatoms. The molecule has 0 saturated carbocycles. The number of benzene rings is 1. The van der Waals surface area contributed by atoms with Gasteiger partial charge >= 0.3 is 6.09 Å². The Morgan fingerprint density at radius 3 is 2.40 bits per heavy atom. The van der Waals surface area contributed by atoms with E-state index in [1.165, 1.54) is 0 Å². The van der Waals surface area contributed by atoms with Gasteiger partial charge in [0.25, 0.3) is 0 Å². The standard InChI is InChI=1S/C19H26N2O4/c1-19(2,3)25-18(23)21-13-15-7-5-4-6-14(15)12-16(21)17(22)20-8-10-24-11-9-20/h4-7,16H,8-13H2,1-3H3/t16-/m0/s1. The lowest BCUT2D eigenvalue weighted by Gasteiger charge is -2.39. The maximum absolute atomic E-state index is 13.1. The number of carbonyl (C=O) groups excluding carboxylic acids is 2. The summed E-state index contributed by atoms with van der Waals surface area (Å²) in [5.74, 6) is -0.0244. The van der Waals surface area contributed by atoms with E-state index in [0.717, 1.165) is 11.1 Å². The van der Waals surface area contributed by atoms with E-state index in [2.05, 4.69) is 0 Å². The fraction of sp³-hybridized carbons (Fsp3) is 0.579. The van der Waals surface area contributed by atoms with Gasteiger partial charge in [0.2, 0.25) is 5.91 Å². The zero-order valence-electron chi connectivity index (χ0n) is 15.2. The Morgan fingerprint density at radius 1 is 1.12 bits per heavy atom. The molecule has 0 N–H and O–H groups in total. The molecule has 6 nitrogen and oxygen atoms in total. The van der Waals surface area contributed by atoms with Crippen molar-refractivity contribution in [3.8, 4) is 0 Å². The zero-order valence-corrected chi connectivity index (χ0v) is 15.2. The molecule has 1 saturated heterocycles. The maximum Gasteiger partial charge on any atom is 0.411 e. The third-order valence-electron chi connectivity index (χ3n) is 4.48. The molecule has 0 aromatic heterocycles.